The fourth-order valence-electron chi connectivity index (χ4n) is 3.15. The molecular formula is C24H20F3NO3. The Hall–Kier alpha value is -3.61. The molecule has 160 valence electrons. The molecule has 7 heteroatoms. The molecule has 1 amide bonds. The summed E-state index contributed by atoms with van der Waals surface area (Å²) >= 11 is 0. The van der Waals surface area contributed by atoms with Crippen LogP contribution >= 0.6 is 0 Å². The van der Waals surface area contributed by atoms with E-state index in [0.29, 0.717) is 0 Å². The van der Waals surface area contributed by atoms with Gasteiger partial charge in [-0.1, -0.05) is 60.7 Å². The zero-order valence-corrected chi connectivity index (χ0v) is 16.4. The fourth-order valence-corrected chi connectivity index (χ4v) is 3.15. The van der Waals surface area contributed by atoms with Crippen LogP contribution in [0, 0.1) is 5.82 Å². The lowest BCUT2D eigenvalue weighted by Gasteiger charge is -2.19. The molecule has 0 aliphatic heterocycles. The SMILES string of the molecule is O=C(NC(Cc1ccccc1)C(=O)Cc1ccccc1OC(F)F)c1ccccc1F. The average molecular weight is 427 g/mol. The second-order valence-electron chi connectivity index (χ2n) is 6.82. The zero-order chi connectivity index (χ0) is 22.2. The van der Waals surface area contributed by atoms with Gasteiger partial charge in [0.05, 0.1) is 11.6 Å². The van der Waals surface area contributed by atoms with Crippen molar-refractivity contribution in [3.63, 3.8) is 0 Å². The summed E-state index contributed by atoms with van der Waals surface area (Å²) in [5, 5.41) is 2.59. The van der Waals surface area contributed by atoms with Crippen molar-refractivity contribution in [1.82, 2.24) is 5.32 Å². The molecule has 4 nitrogen and oxygen atoms in total. The molecule has 1 unspecified atom stereocenters. The van der Waals surface area contributed by atoms with Crippen LogP contribution in [0.3, 0.4) is 0 Å². The summed E-state index contributed by atoms with van der Waals surface area (Å²) in [5.41, 5.74) is 0.868. The maximum Gasteiger partial charge on any atom is 0.387 e. The van der Waals surface area contributed by atoms with Gasteiger partial charge >= 0.3 is 6.61 Å². The topological polar surface area (TPSA) is 55.4 Å². The predicted octanol–water partition coefficient (Wildman–Crippen LogP) is 4.58. The van der Waals surface area contributed by atoms with Crippen molar-refractivity contribution in [3.8, 4) is 5.75 Å². The molecular weight excluding hydrogens is 407 g/mol. The van der Waals surface area contributed by atoms with Crippen LogP contribution < -0.4 is 10.1 Å². The number of benzene rings is 3. The van der Waals surface area contributed by atoms with Gasteiger partial charge < -0.3 is 10.1 Å². The number of carbonyl (C=O) groups excluding carboxylic acids is 2. The largest absolute Gasteiger partial charge is 0.435 e. The summed E-state index contributed by atoms with van der Waals surface area (Å²) < 4.78 is 43.9. The molecule has 0 fully saturated rings. The van der Waals surface area contributed by atoms with E-state index >= 15 is 0 Å². The molecule has 0 spiro atoms. The lowest BCUT2D eigenvalue weighted by Crippen LogP contribution is -2.43. The number of rotatable bonds is 9. The minimum absolute atomic E-state index is 0.107. The summed E-state index contributed by atoms with van der Waals surface area (Å²) in [6, 6.07) is 19.4. The Morgan fingerprint density at radius 3 is 2.23 bits per heavy atom. The predicted molar refractivity (Wildman–Crippen MR) is 110 cm³/mol. The van der Waals surface area contributed by atoms with Crippen molar-refractivity contribution >= 4 is 11.7 Å². The van der Waals surface area contributed by atoms with Crippen LogP contribution in [0.2, 0.25) is 0 Å². The lowest BCUT2D eigenvalue weighted by atomic mass is 9.97. The van der Waals surface area contributed by atoms with Gasteiger partial charge in [0.2, 0.25) is 0 Å². The van der Waals surface area contributed by atoms with Crippen molar-refractivity contribution in [3.05, 3.63) is 101 Å². The number of hydrogen-bond donors (Lipinski definition) is 1. The van der Waals surface area contributed by atoms with Crippen LogP contribution in [0.4, 0.5) is 13.2 Å². The molecule has 1 N–H and O–H groups in total. The molecule has 3 aromatic rings. The van der Waals surface area contributed by atoms with Crippen LogP contribution in [-0.4, -0.2) is 24.3 Å². The van der Waals surface area contributed by atoms with E-state index in [4.69, 9.17) is 0 Å². The van der Waals surface area contributed by atoms with Gasteiger partial charge in [-0.2, -0.15) is 8.78 Å². The molecule has 0 aliphatic rings. The Morgan fingerprint density at radius 2 is 1.52 bits per heavy atom. The van der Waals surface area contributed by atoms with Crippen LogP contribution in [0.1, 0.15) is 21.5 Å². The van der Waals surface area contributed by atoms with Crippen LogP contribution in [0.5, 0.6) is 5.75 Å². The third kappa shape index (κ3) is 6.18. The smallest absolute Gasteiger partial charge is 0.387 e. The fraction of sp³-hybridized carbons (Fsp3) is 0.167. The molecule has 3 aromatic carbocycles. The van der Waals surface area contributed by atoms with E-state index in [-0.39, 0.29) is 29.7 Å². The molecule has 0 saturated carbocycles. The van der Waals surface area contributed by atoms with Gasteiger partial charge in [-0.25, -0.2) is 4.39 Å². The second-order valence-corrected chi connectivity index (χ2v) is 6.82. The molecule has 0 radical (unpaired) electrons. The van der Waals surface area contributed by atoms with Gasteiger partial charge in [-0.15, -0.1) is 0 Å². The van der Waals surface area contributed by atoms with E-state index in [9.17, 15) is 22.8 Å². The van der Waals surface area contributed by atoms with Crippen molar-refractivity contribution in [2.75, 3.05) is 0 Å². The quantitative estimate of drug-likeness (QED) is 0.544. The Bertz CT molecular complexity index is 1040. The first-order valence-corrected chi connectivity index (χ1v) is 9.59. The Labute approximate surface area is 177 Å². The number of ether oxygens (including phenoxy) is 1. The maximum absolute atomic E-state index is 14.0. The first-order valence-electron chi connectivity index (χ1n) is 9.59. The average Bonchev–Trinajstić information content (AvgIpc) is 2.75. The number of amides is 1. The normalized spacial score (nSPS) is 11.7. The molecule has 0 saturated heterocycles. The molecule has 0 aliphatic carbocycles. The minimum atomic E-state index is -3.03. The molecule has 1 atom stereocenters. The first kappa shape index (κ1) is 22.1. The zero-order valence-electron chi connectivity index (χ0n) is 16.4. The van der Waals surface area contributed by atoms with E-state index in [1.165, 1.54) is 36.4 Å². The van der Waals surface area contributed by atoms with Crippen molar-refractivity contribution in [2.24, 2.45) is 0 Å². The molecule has 0 aromatic heterocycles. The number of halogens is 3. The highest BCUT2D eigenvalue weighted by Gasteiger charge is 2.24. The summed E-state index contributed by atoms with van der Waals surface area (Å²) in [6.45, 7) is -3.03. The van der Waals surface area contributed by atoms with Crippen LogP contribution in [-0.2, 0) is 17.6 Å². The molecule has 0 bridgehead atoms. The number of carbonyl (C=O) groups is 2. The molecule has 3 rings (SSSR count). The Morgan fingerprint density at radius 1 is 0.871 bits per heavy atom. The van der Waals surface area contributed by atoms with Gasteiger partial charge in [-0.3, -0.25) is 9.59 Å². The molecule has 0 heterocycles. The third-order valence-electron chi connectivity index (χ3n) is 4.65. The lowest BCUT2D eigenvalue weighted by molar-refractivity contribution is -0.120. The Balaban J connectivity index is 1.83. The van der Waals surface area contributed by atoms with Gasteiger partial charge in [0.1, 0.15) is 11.6 Å². The highest BCUT2D eigenvalue weighted by atomic mass is 19.3. The first-order chi connectivity index (χ1) is 14.9. The summed E-state index contributed by atoms with van der Waals surface area (Å²) in [5.74, 6) is -1.96. The van der Waals surface area contributed by atoms with Gasteiger partial charge in [-0.05, 0) is 30.2 Å². The summed E-state index contributed by atoms with van der Waals surface area (Å²) in [7, 11) is 0. The monoisotopic (exact) mass is 427 g/mol. The van der Waals surface area contributed by atoms with Crippen LogP contribution in [0.25, 0.3) is 0 Å². The van der Waals surface area contributed by atoms with Crippen LogP contribution in [0.15, 0.2) is 78.9 Å². The van der Waals surface area contributed by atoms with Gasteiger partial charge in [0, 0.05) is 12.0 Å². The van der Waals surface area contributed by atoms with E-state index in [1.54, 1.807) is 30.3 Å². The maximum atomic E-state index is 14.0. The Kier molecular flexibility index (Phi) is 7.43. The standard InChI is InChI=1S/C24H20F3NO3/c25-19-12-6-5-11-18(19)23(30)28-20(14-16-8-2-1-3-9-16)21(29)15-17-10-4-7-13-22(17)31-24(26)27/h1-13,20,24H,14-15H2,(H,28,30). The summed E-state index contributed by atoms with van der Waals surface area (Å²) in [6.07, 6.45) is -0.0737. The van der Waals surface area contributed by atoms with Gasteiger partial charge in [0.25, 0.3) is 5.91 Å². The third-order valence-corrected chi connectivity index (χ3v) is 4.65. The van der Waals surface area contributed by atoms with Gasteiger partial charge in [0.15, 0.2) is 5.78 Å². The van der Waals surface area contributed by atoms with E-state index in [2.05, 4.69) is 10.1 Å². The number of alkyl halides is 2. The number of para-hydroxylation sites is 1. The number of nitrogens with one attached hydrogen (secondary N) is 1. The number of ketones is 1. The van der Waals surface area contributed by atoms with E-state index in [0.717, 1.165) is 11.6 Å². The molecule has 31 heavy (non-hydrogen) atoms. The van der Waals surface area contributed by atoms with E-state index in [1.807, 2.05) is 6.07 Å². The number of Topliss-reactive ketones (excluding diaryl/α,β-unsaturated/α-hetero) is 1. The highest BCUT2D eigenvalue weighted by Crippen LogP contribution is 2.22. The second kappa shape index (κ2) is 10.4. The van der Waals surface area contributed by atoms with Crippen molar-refractivity contribution < 1.29 is 27.5 Å². The van der Waals surface area contributed by atoms with E-state index < -0.39 is 30.2 Å². The summed E-state index contributed by atoms with van der Waals surface area (Å²) in [4.78, 5) is 25.7. The number of hydrogen-bond acceptors (Lipinski definition) is 3. The van der Waals surface area contributed by atoms with Crippen molar-refractivity contribution in [1.29, 1.82) is 0 Å². The van der Waals surface area contributed by atoms with Crippen molar-refractivity contribution in [2.45, 2.75) is 25.5 Å². The minimum Gasteiger partial charge on any atom is -0.435 e. The highest BCUT2D eigenvalue weighted by molar-refractivity contribution is 5.98.